The highest BCUT2D eigenvalue weighted by molar-refractivity contribution is 5.93. The second-order valence-electron chi connectivity index (χ2n) is 4.84. The van der Waals surface area contributed by atoms with Crippen LogP contribution in [-0.4, -0.2) is 49.0 Å². The van der Waals surface area contributed by atoms with Gasteiger partial charge in [-0.15, -0.1) is 0 Å². The molecular formula is C12H16N6O. The fourth-order valence-corrected chi connectivity index (χ4v) is 2.52. The van der Waals surface area contributed by atoms with Gasteiger partial charge in [-0.1, -0.05) is 0 Å². The van der Waals surface area contributed by atoms with E-state index < -0.39 is 0 Å². The lowest BCUT2D eigenvalue weighted by Crippen LogP contribution is -2.39. The minimum absolute atomic E-state index is 0.0111. The Hall–Kier alpha value is -2.18. The highest BCUT2D eigenvalue weighted by atomic mass is 16.2. The predicted octanol–water partition coefficient (Wildman–Crippen LogP) is 0.856. The lowest BCUT2D eigenvalue weighted by molar-refractivity contribution is 0.0698. The summed E-state index contributed by atoms with van der Waals surface area (Å²) in [5.74, 6) is 1.08. The zero-order valence-corrected chi connectivity index (χ0v) is 10.8. The maximum atomic E-state index is 12.4. The number of carbonyl (C=O) groups is 1. The van der Waals surface area contributed by atoms with E-state index in [2.05, 4.69) is 25.1 Å². The van der Waals surface area contributed by atoms with Gasteiger partial charge in [-0.2, -0.15) is 5.10 Å². The average molecular weight is 260 g/mol. The predicted molar refractivity (Wildman–Crippen MR) is 67.6 cm³/mol. The molecule has 3 rings (SSSR count). The molecule has 1 saturated heterocycles. The fourth-order valence-electron chi connectivity index (χ4n) is 2.52. The molecule has 3 heterocycles. The first-order valence-electron chi connectivity index (χ1n) is 6.40. The van der Waals surface area contributed by atoms with E-state index in [4.69, 9.17) is 0 Å². The molecule has 7 heteroatoms. The molecule has 1 aliphatic heterocycles. The van der Waals surface area contributed by atoms with E-state index in [1.165, 1.54) is 6.33 Å². The van der Waals surface area contributed by atoms with Gasteiger partial charge in [0.15, 0.2) is 0 Å². The first kappa shape index (κ1) is 11.9. The summed E-state index contributed by atoms with van der Waals surface area (Å²) in [6, 6.07) is 0. The van der Waals surface area contributed by atoms with E-state index in [1.807, 2.05) is 11.8 Å². The van der Waals surface area contributed by atoms with Crippen LogP contribution in [0.4, 0.5) is 0 Å². The second kappa shape index (κ2) is 4.83. The molecule has 1 amide bonds. The van der Waals surface area contributed by atoms with Gasteiger partial charge in [0, 0.05) is 24.7 Å². The monoisotopic (exact) mass is 260 g/mol. The largest absolute Gasteiger partial charge is 0.348 e. The van der Waals surface area contributed by atoms with E-state index in [0.29, 0.717) is 12.2 Å². The van der Waals surface area contributed by atoms with E-state index in [-0.39, 0.29) is 11.8 Å². The lowest BCUT2D eigenvalue weighted by Gasteiger charge is -2.31. The molecule has 2 aromatic heterocycles. The van der Waals surface area contributed by atoms with Gasteiger partial charge < -0.3 is 9.88 Å². The van der Waals surface area contributed by atoms with Crippen molar-refractivity contribution >= 4 is 5.91 Å². The van der Waals surface area contributed by atoms with Crippen molar-refractivity contribution in [1.82, 2.24) is 30.0 Å². The molecule has 0 radical (unpaired) electrons. The molecule has 2 aromatic rings. The third-order valence-corrected chi connectivity index (χ3v) is 3.56. The molecule has 1 atom stereocenters. The Morgan fingerprint density at radius 3 is 3.05 bits per heavy atom. The summed E-state index contributed by atoms with van der Waals surface area (Å²) in [6.07, 6.45) is 5.06. The number of H-pyrrole nitrogens is 2. The number of imidazole rings is 1. The number of aryl methyl sites for hydroxylation is 1. The van der Waals surface area contributed by atoms with Crippen molar-refractivity contribution in [2.24, 2.45) is 0 Å². The molecule has 7 nitrogen and oxygen atoms in total. The first-order valence-corrected chi connectivity index (χ1v) is 6.40. The van der Waals surface area contributed by atoms with Gasteiger partial charge in [0.25, 0.3) is 5.91 Å². The molecule has 0 aromatic carbocycles. The van der Waals surface area contributed by atoms with Crippen LogP contribution in [0.15, 0.2) is 12.7 Å². The number of nitrogens with zero attached hydrogens (tertiary/aromatic N) is 4. The summed E-state index contributed by atoms with van der Waals surface area (Å²) in [5, 5.41) is 6.77. The van der Waals surface area contributed by atoms with E-state index >= 15 is 0 Å². The third kappa shape index (κ3) is 2.23. The van der Waals surface area contributed by atoms with Crippen LogP contribution < -0.4 is 0 Å². The van der Waals surface area contributed by atoms with E-state index in [0.717, 1.165) is 30.9 Å². The molecule has 1 unspecified atom stereocenters. The van der Waals surface area contributed by atoms with Crippen molar-refractivity contribution < 1.29 is 4.79 Å². The van der Waals surface area contributed by atoms with Crippen molar-refractivity contribution in [3.8, 4) is 0 Å². The smallest absolute Gasteiger partial charge is 0.274 e. The van der Waals surface area contributed by atoms with Gasteiger partial charge in [-0.25, -0.2) is 9.97 Å². The van der Waals surface area contributed by atoms with E-state index in [1.54, 1.807) is 6.33 Å². The number of hydrogen-bond acceptors (Lipinski definition) is 4. The van der Waals surface area contributed by atoms with Crippen LogP contribution in [0.5, 0.6) is 0 Å². The van der Waals surface area contributed by atoms with Gasteiger partial charge in [-0.05, 0) is 19.8 Å². The van der Waals surface area contributed by atoms with Gasteiger partial charge in [0.2, 0.25) is 0 Å². The minimum atomic E-state index is -0.0111. The topological polar surface area (TPSA) is 90.6 Å². The van der Waals surface area contributed by atoms with Crippen LogP contribution in [0.2, 0.25) is 0 Å². The Morgan fingerprint density at radius 2 is 2.37 bits per heavy atom. The summed E-state index contributed by atoms with van der Waals surface area (Å²) < 4.78 is 0. The van der Waals surface area contributed by atoms with Crippen LogP contribution in [0.25, 0.3) is 0 Å². The molecule has 100 valence electrons. The van der Waals surface area contributed by atoms with Gasteiger partial charge in [0.05, 0.1) is 6.33 Å². The highest BCUT2D eigenvalue weighted by Gasteiger charge is 2.28. The zero-order valence-electron chi connectivity index (χ0n) is 10.8. The molecule has 2 N–H and O–H groups in total. The van der Waals surface area contributed by atoms with Crippen LogP contribution in [0.1, 0.15) is 40.8 Å². The minimum Gasteiger partial charge on any atom is -0.348 e. The highest BCUT2D eigenvalue weighted by Crippen LogP contribution is 2.25. The summed E-state index contributed by atoms with van der Waals surface area (Å²) in [5.41, 5.74) is 1.32. The zero-order chi connectivity index (χ0) is 13.2. The van der Waals surface area contributed by atoms with Crippen molar-refractivity contribution in [2.75, 3.05) is 13.1 Å². The Balaban J connectivity index is 1.75. The van der Waals surface area contributed by atoms with Gasteiger partial charge >= 0.3 is 0 Å². The number of aromatic nitrogens is 5. The first-order chi connectivity index (χ1) is 9.25. The van der Waals surface area contributed by atoms with Crippen molar-refractivity contribution in [1.29, 1.82) is 0 Å². The molecule has 1 aliphatic rings. The van der Waals surface area contributed by atoms with Gasteiger partial charge in [-0.3, -0.25) is 9.89 Å². The van der Waals surface area contributed by atoms with Crippen LogP contribution in [0.3, 0.4) is 0 Å². The second-order valence-corrected chi connectivity index (χ2v) is 4.84. The Kier molecular flexibility index (Phi) is 3.02. The quantitative estimate of drug-likeness (QED) is 0.837. The Morgan fingerprint density at radius 1 is 1.47 bits per heavy atom. The lowest BCUT2D eigenvalue weighted by atomic mass is 9.97. The standard InChI is InChI=1S/C12H16N6O/c1-8-10(14-6-13-8)12(19)18-4-2-3-9(5-18)11-15-7-16-17-11/h6-7,9H,2-5H2,1H3,(H,13,14)(H,15,16,17). The fraction of sp³-hybridized carbons (Fsp3) is 0.500. The Bertz CT molecular complexity index is 561. The van der Waals surface area contributed by atoms with Crippen molar-refractivity contribution in [2.45, 2.75) is 25.7 Å². The molecular weight excluding hydrogens is 244 g/mol. The summed E-state index contributed by atoms with van der Waals surface area (Å²) in [4.78, 5) is 25.5. The van der Waals surface area contributed by atoms with Crippen LogP contribution >= 0.6 is 0 Å². The maximum Gasteiger partial charge on any atom is 0.274 e. The number of hydrogen-bond donors (Lipinski definition) is 2. The normalized spacial score (nSPS) is 19.6. The van der Waals surface area contributed by atoms with Crippen LogP contribution in [-0.2, 0) is 0 Å². The molecule has 0 saturated carbocycles. The Labute approximate surface area is 110 Å². The SMILES string of the molecule is Cc1[nH]cnc1C(=O)N1CCCC(c2ncn[nH]2)C1. The summed E-state index contributed by atoms with van der Waals surface area (Å²) >= 11 is 0. The summed E-state index contributed by atoms with van der Waals surface area (Å²) in [7, 11) is 0. The van der Waals surface area contributed by atoms with Crippen LogP contribution in [0, 0.1) is 6.92 Å². The number of rotatable bonds is 2. The molecule has 19 heavy (non-hydrogen) atoms. The summed E-state index contributed by atoms with van der Waals surface area (Å²) in [6.45, 7) is 3.30. The third-order valence-electron chi connectivity index (χ3n) is 3.56. The van der Waals surface area contributed by atoms with Gasteiger partial charge in [0.1, 0.15) is 17.8 Å². The maximum absolute atomic E-state index is 12.4. The number of piperidine rings is 1. The number of aromatic amines is 2. The van der Waals surface area contributed by atoms with Crippen molar-refractivity contribution in [3.63, 3.8) is 0 Å². The number of amides is 1. The van der Waals surface area contributed by atoms with Crippen molar-refractivity contribution in [3.05, 3.63) is 29.9 Å². The molecule has 0 bridgehead atoms. The number of nitrogens with one attached hydrogen (secondary N) is 2. The molecule has 0 spiro atoms. The number of likely N-dealkylation sites (tertiary alicyclic amines) is 1. The van der Waals surface area contributed by atoms with E-state index in [9.17, 15) is 4.79 Å². The molecule has 1 fully saturated rings. The number of carbonyl (C=O) groups excluding carboxylic acids is 1. The average Bonchev–Trinajstić information content (AvgIpc) is 3.09. The molecule has 0 aliphatic carbocycles.